The molecule has 0 bridgehead atoms. The van der Waals surface area contributed by atoms with E-state index in [2.05, 4.69) is 40.8 Å². The molecule has 3 aromatic rings. The zero-order valence-electron chi connectivity index (χ0n) is 29.2. The van der Waals surface area contributed by atoms with E-state index in [1.165, 1.54) is 24.1 Å². The van der Waals surface area contributed by atoms with Gasteiger partial charge >= 0.3 is 0 Å². The molecular formula is C31H28N6O17S4. The topological polar surface area (TPSA) is 315 Å². The van der Waals surface area contributed by atoms with E-state index in [0.29, 0.717) is 40.2 Å². The number of hydrazone groups is 1. The second-order valence-corrected chi connectivity index (χ2v) is 15.5. The molecule has 6 N–H and O–H groups in total. The number of aromatic nitrogens is 2. The second-order valence-electron chi connectivity index (χ2n) is 11.2. The molecule has 3 heterocycles. The number of anilines is 1. The lowest BCUT2D eigenvalue weighted by molar-refractivity contribution is -0.432. The van der Waals surface area contributed by atoms with Crippen molar-refractivity contribution in [2.75, 3.05) is 18.6 Å². The van der Waals surface area contributed by atoms with Gasteiger partial charge in [-0.15, -0.1) is 13.8 Å². The molecule has 308 valence electrons. The van der Waals surface area contributed by atoms with Gasteiger partial charge in [0.15, 0.2) is 5.69 Å². The second kappa shape index (κ2) is 18.4. The molecule has 1 aromatic heterocycles. The lowest BCUT2D eigenvalue weighted by atomic mass is 10.1. The number of rotatable bonds is 16. The molecule has 0 unspecified atom stereocenters. The Kier molecular flexibility index (Phi) is 13.9. The van der Waals surface area contributed by atoms with Crippen molar-refractivity contribution in [3.8, 4) is 11.6 Å². The van der Waals surface area contributed by atoms with Crippen molar-refractivity contribution in [1.82, 2.24) is 20.0 Å². The number of hydrogen-bond acceptors (Lipinski definition) is 19. The van der Waals surface area contributed by atoms with E-state index in [4.69, 9.17) is 15.3 Å². The lowest BCUT2D eigenvalue weighted by Gasteiger charge is -2.17. The summed E-state index contributed by atoms with van der Waals surface area (Å²) in [5.74, 6) is -3.46. The van der Waals surface area contributed by atoms with Gasteiger partial charge in [-0.2, -0.15) is 31.6 Å². The minimum absolute atomic E-state index is 0.0607. The monoisotopic (exact) mass is 884 g/mol. The van der Waals surface area contributed by atoms with Crippen LogP contribution in [0.25, 0.3) is 11.8 Å². The Bertz CT molecular complexity index is 2500. The van der Waals surface area contributed by atoms with Crippen LogP contribution in [0.3, 0.4) is 0 Å². The number of amides is 3. The standard InChI is InChI=1S/C31H28N6O17S4/c1-3-50-29-21(31(41)37(34-29)23-16-19(56-54-52-43)9-13-25(23)58(47,48)49)11-7-17(35-14-4-5-26(35)38)6-10-20-27(28(39)32-2)33-36(30(20)40)22-15-18(55-53-51-42)8-12-24(22)57(44,45)46/h3,6-13,15-16,40,42-43H,1,4-5,14H2,2H3,(H,32,39)(H,44,45,46)(H,47,48,49)/b10-6?,17-7?,21-11-. The van der Waals surface area contributed by atoms with Gasteiger partial charge in [0, 0.05) is 35.5 Å². The minimum Gasteiger partial charge on any atom is -0.493 e. The first kappa shape index (κ1) is 43.7. The molecule has 58 heavy (non-hydrogen) atoms. The lowest BCUT2D eigenvalue weighted by Crippen LogP contribution is -2.24. The molecule has 2 aromatic carbocycles. The number of nitrogens with one attached hydrogen (secondary N) is 1. The van der Waals surface area contributed by atoms with Gasteiger partial charge in [0.05, 0.1) is 47.3 Å². The van der Waals surface area contributed by atoms with Crippen LogP contribution in [0.15, 0.2) is 103 Å². The molecule has 0 aliphatic carbocycles. The van der Waals surface area contributed by atoms with Gasteiger partial charge in [-0.25, -0.2) is 10.5 Å². The molecule has 0 saturated carbocycles. The van der Waals surface area contributed by atoms with Gasteiger partial charge in [-0.3, -0.25) is 23.5 Å². The fourth-order valence-electron chi connectivity index (χ4n) is 5.36. The van der Waals surface area contributed by atoms with Crippen molar-refractivity contribution in [2.24, 2.45) is 5.10 Å². The maximum Gasteiger partial charge on any atom is 0.296 e. The number of hydrogen-bond donors (Lipinski definition) is 6. The predicted molar refractivity (Wildman–Crippen MR) is 198 cm³/mol. The van der Waals surface area contributed by atoms with Crippen LogP contribution in [0, 0.1) is 0 Å². The van der Waals surface area contributed by atoms with Gasteiger partial charge in [-0.1, -0.05) is 16.7 Å². The summed E-state index contributed by atoms with van der Waals surface area (Å²) in [7, 11) is -8.69. The Morgan fingerprint density at radius 3 is 2.10 bits per heavy atom. The van der Waals surface area contributed by atoms with Gasteiger partial charge < -0.3 is 20.1 Å². The number of allylic oxidation sites excluding steroid dienone is 3. The smallest absolute Gasteiger partial charge is 0.296 e. The fourth-order valence-corrected chi connectivity index (χ4v) is 7.45. The minimum atomic E-state index is -4.98. The van der Waals surface area contributed by atoms with Crippen molar-refractivity contribution in [3.63, 3.8) is 0 Å². The van der Waals surface area contributed by atoms with E-state index in [0.717, 1.165) is 54.8 Å². The first-order valence-electron chi connectivity index (χ1n) is 15.7. The molecule has 1 saturated heterocycles. The molecule has 1 fully saturated rings. The van der Waals surface area contributed by atoms with Crippen LogP contribution < -0.4 is 10.3 Å². The summed E-state index contributed by atoms with van der Waals surface area (Å²) >= 11 is 0.817. The molecule has 0 spiro atoms. The number of carbonyl (C=O) groups is 3. The van der Waals surface area contributed by atoms with E-state index in [-0.39, 0.29) is 45.5 Å². The highest BCUT2D eigenvalue weighted by atomic mass is 32.2. The summed E-state index contributed by atoms with van der Waals surface area (Å²) in [6, 6.07) is 6.32. The van der Waals surface area contributed by atoms with Crippen LogP contribution in [0.2, 0.25) is 0 Å². The SMILES string of the molecule is C=COC1=NN(c2cc(SOOO)ccc2S(=O)(=O)O)C(=O)/C1=C\C=C(C=Cc1c(C(=O)NC)nn(-c2cc(SOOO)ccc2S(=O)(=O)O)c1O)N1CCCC1=O. The highest BCUT2D eigenvalue weighted by Gasteiger charge is 2.36. The van der Waals surface area contributed by atoms with Crippen LogP contribution >= 0.6 is 24.1 Å². The third-order valence-electron chi connectivity index (χ3n) is 7.80. The largest absolute Gasteiger partial charge is 0.493 e. The van der Waals surface area contributed by atoms with Crippen molar-refractivity contribution in [1.29, 1.82) is 0 Å². The Balaban J connectivity index is 1.63. The van der Waals surface area contributed by atoms with Crippen LogP contribution in [-0.2, 0) is 53.3 Å². The van der Waals surface area contributed by atoms with Crippen LogP contribution in [0.1, 0.15) is 28.9 Å². The van der Waals surface area contributed by atoms with Gasteiger partial charge in [0.2, 0.25) is 17.7 Å². The number of likely N-dealkylation sites (tertiary alicyclic amines) is 1. The van der Waals surface area contributed by atoms with E-state index < -0.39 is 70.7 Å². The Labute approximate surface area is 335 Å². The molecule has 0 atom stereocenters. The first-order chi connectivity index (χ1) is 27.5. The third-order valence-corrected chi connectivity index (χ3v) is 10.8. The molecule has 0 radical (unpaired) electrons. The normalized spacial score (nSPS) is 15.8. The first-order valence-corrected chi connectivity index (χ1v) is 20.1. The highest BCUT2D eigenvalue weighted by molar-refractivity contribution is 7.94. The van der Waals surface area contributed by atoms with Crippen molar-refractivity contribution < 1.29 is 79.4 Å². The molecule has 2 aliphatic rings. The molecule has 2 aliphatic heterocycles. The predicted octanol–water partition coefficient (Wildman–Crippen LogP) is 3.25. The molecular weight excluding hydrogens is 857 g/mol. The Morgan fingerprint density at radius 1 is 0.966 bits per heavy atom. The van der Waals surface area contributed by atoms with Crippen LogP contribution in [0.5, 0.6) is 5.88 Å². The molecule has 5 rings (SSSR count). The molecule has 27 heteroatoms. The van der Waals surface area contributed by atoms with E-state index >= 15 is 0 Å². The number of carbonyl (C=O) groups excluding carboxylic acids is 3. The van der Waals surface area contributed by atoms with E-state index in [1.807, 2.05) is 0 Å². The summed E-state index contributed by atoms with van der Waals surface area (Å²) in [6.07, 6.45) is 6.31. The van der Waals surface area contributed by atoms with Gasteiger partial charge in [0.25, 0.3) is 32.1 Å². The number of nitrogens with zero attached hydrogens (tertiary/aromatic N) is 5. The summed E-state index contributed by atoms with van der Waals surface area (Å²) in [6.45, 7) is 3.63. The van der Waals surface area contributed by atoms with Crippen LogP contribution in [0.4, 0.5) is 5.69 Å². The summed E-state index contributed by atoms with van der Waals surface area (Å²) in [5, 5.41) is 46.6. The van der Waals surface area contributed by atoms with Crippen molar-refractivity contribution in [3.05, 3.63) is 90.0 Å². The highest BCUT2D eigenvalue weighted by Crippen LogP contribution is 2.36. The third kappa shape index (κ3) is 9.63. The number of ether oxygens (including phenoxy) is 1. The summed E-state index contributed by atoms with van der Waals surface area (Å²) in [4.78, 5) is 39.8. The molecule has 23 nitrogen and oxygen atoms in total. The summed E-state index contributed by atoms with van der Waals surface area (Å²) < 4.78 is 83.7. The average molecular weight is 885 g/mol. The van der Waals surface area contributed by atoms with Crippen molar-refractivity contribution >= 4 is 79.7 Å². The van der Waals surface area contributed by atoms with Crippen molar-refractivity contribution in [2.45, 2.75) is 32.4 Å². The van der Waals surface area contributed by atoms with Gasteiger partial charge in [-0.05, 0) is 67.1 Å². The van der Waals surface area contributed by atoms with Gasteiger partial charge in [0.1, 0.15) is 15.4 Å². The zero-order chi connectivity index (χ0) is 42.4. The number of aromatic hydroxyl groups is 1. The molecule has 3 amide bonds. The Hall–Kier alpha value is -5.43. The zero-order valence-corrected chi connectivity index (χ0v) is 32.4. The maximum absolute atomic E-state index is 13.8. The van der Waals surface area contributed by atoms with E-state index in [9.17, 15) is 45.4 Å². The Morgan fingerprint density at radius 2 is 1.57 bits per heavy atom. The van der Waals surface area contributed by atoms with Crippen LogP contribution in [-0.4, -0.2) is 93.5 Å². The van der Waals surface area contributed by atoms with E-state index in [1.54, 1.807) is 0 Å². The quantitative estimate of drug-likeness (QED) is 0.0229. The number of benzene rings is 2. The summed E-state index contributed by atoms with van der Waals surface area (Å²) in [5.41, 5.74) is -1.98. The fraction of sp³-hybridized carbons (Fsp3) is 0.129. The maximum atomic E-state index is 13.8. The average Bonchev–Trinajstić information content (AvgIpc) is 3.85.